The van der Waals surface area contributed by atoms with Gasteiger partial charge in [-0.05, 0) is 55.0 Å². The smallest absolute Gasteiger partial charge is 0.339 e. The van der Waals surface area contributed by atoms with Crippen LogP contribution >= 0.6 is 11.6 Å². The van der Waals surface area contributed by atoms with Gasteiger partial charge in [-0.15, -0.1) is 11.6 Å². The summed E-state index contributed by atoms with van der Waals surface area (Å²) in [6, 6.07) is 16.2. The summed E-state index contributed by atoms with van der Waals surface area (Å²) < 4.78 is 82.8. The number of carbonyl (C=O) groups excluding carboxylic acids is 2. The Morgan fingerprint density at radius 1 is 1.02 bits per heavy atom. The van der Waals surface area contributed by atoms with E-state index >= 15 is 0 Å². The molecular weight excluding hydrogens is 638 g/mol. The number of sulfonamides is 1. The summed E-state index contributed by atoms with van der Waals surface area (Å²) in [6.45, 7) is 1.42. The molecule has 45 heavy (non-hydrogen) atoms. The van der Waals surface area contributed by atoms with Crippen LogP contribution in [0.5, 0.6) is 0 Å². The van der Waals surface area contributed by atoms with Crippen LogP contribution in [0, 0.1) is 5.82 Å². The lowest BCUT2D eigenvalue weighted by molar-refractivity contribution is -0.137. The largest absolute Gasteiger partial charge is 0.416 e. The van der Waals surface area contributed by atoms with Gasteiger partial charge < -0.3 is 5.32 Å². The van der Waals surface area contributed by atoms with Crippen LogP contribution in [-0.4, -0.2) is 47.8 Å². The van der Waals surface area contributed by atoms with Gasteiger partial charge in [-0.25, -0.2) is 22.2 Å². The maximum absolute atomic E-state index is 14.2. The first-order chi connectivity index (χ1) is 21.3. The van der Waals surface area contributed by atoms with Gasteiger partial charge in [-0.2, -0.15) is 18.3 Å². The highest BCUT2D eigenvalue weighted by Crippen LogP contribution is 2.44. The summed E-state index contributed by atoms with van der Waals surface area (Å²) in [4.78, 5) is 29.0. The Morgan fingerprint density at radius 3 is 2.33 bits per heavy atom. The summed E-state index contributed by atoms with van der Waals surface area (Å²) in [5, 5.41) is 6.55. The molecule has 4 aromatic rings. The van der Waals surface area contributed by atoms with Crippen molar-refractivity contribution in [3.63, 3.8) is 0 Å². The molecule has 2 N–H and O–H groups in total. The normalized spacial score (nSPS) is 16.8. The van der Waals surface area contributed by atoms with Crippen LogP contribution < -0.4 is 14.9 Å². The molecular formula is C30H26ClF4N5O4S. The molecule has 236 valence electrons. The minimum atomic E-state index is -4.71. The number of amides is 2. The molecule has 5 rings (SSSR count). The Hall–Kier alpha value is -4.27. The van der Waals surface area contributed by atoms with Gasteiger partial charge in [0.25, 0.3) is 11.8 Å². The lowest BCUT2D eigenvalue weighted by atomic mass is 9.80. The number of hydrogen-bond acceptors (Lipinski definition) is 5. The van der Waals surface area contributed by atoms with Gasteiger partial charge in [0, 0.05) is 23.6 Å². The van der Waals surface area contributed by atoms with Gasteiger partial charge in [-0.3, -0.25) is 14.5 Å². The van der Waals surface area contributed by atoms with Crippen molar-refractivity contribution < 1.29 is 35.6 Å². The number of nitrogens with zero attached hydrogens (tertiary/aromatic N) is 3. The second kappa shape index (κ2) is 12.6. The second-order valence-corrected chi connectivity index (χ2v) is 12.5. The maximum Gasteiger partial charge on any atom is 0.416 e. The van der Waals surface area contributed by atoms with E-state index in [9.17, 15) is 35.6 Å². The Labute approximate surface area is 260 Å². The van der Waals surface area contributed by atoms with E-state index in [-0.39, 0.29) is 30.2 Å². The SMILES string of the molecule is CCN1C(=O)C(NC(=O)c2cccc(C(F)(F)F)c2)C(c2ccc(F)cc2)c2c(CNS(=O)(=O)CCl)nn(-c3ccccc3)c21. The molecule has 9 nitrogen and oxygen atoms in total. The number of nitrogens with one attached hydrogen (secondary N) is 2. The summed E-state index contributed by atoms with van der Waals surface area (Å²) in [6.07, 6.45) is -4.71. The van der Waals surface area contributed by atoms with Gasteiger partial charge in [0.1, 0.15) is 22.9 Å². The number of benzene rings is 3. The third-order valence-electron chi connectivity index (χ3n) is 7.29. The van der Waals surface area contributed by atoms with Crippen molar-refractivity contribution in [1.82, 2.24) is 19.8 Å². The topological polar surface area (TPSA) is 113 Å². The predicted octanol–water partition coefficient (Wildman–Crippen LogP) is 4.94. The van der Waals surface area contributed by atoms with Gasteiger partial charge in [0.05, 0.1) is 23.5 Å². The van der Waals surface area contributed by atoms with Crippen LogP contribution in [0.25, 0.3) is 5.69 Å². The van der Waals surface area contributed by atoms with Crippen molar-refractivity contribution in [3.05, 3.63) is 113 Å². The predicted molar refractivity (Wildman–Crippen MR) is 159 cm³/mol. The van der Waals surface area contributed by atoms with Crippen molar-refractivity contribution in [2.45, 2.75) is 31.6 Å². The zero-order valence-electron chi connectivity index (χ0n) is 23.6. The monoisotopic (exact) mass is 663 g/mol. The minimum absolute atomic E-state index is 0.0866. The van der Waals surface area contributed by atoms with E-state index in [4.69, 9.17) is 11.6 Å². The molecule has 2 atom stereocenters. The maximum atomic E-state index is 14.2. The lowest BCUT2D eigenvalue weighted by Crippen LogP contribution is -2.55. The molecule has 3 aromatic carbocycles. The first kappa shape index (κ1) is 32.1. The van der Waals surface area contributed by atoms with Gasteiger partial charge in [0.2, 0.25) is 10.0 Å². The quantitative estimate of drug-likeness (QED) is 0.195. The first-order valence-corrected chi connectivity index (χ1v) is 15.8. The van der Waals surface area contributed by atoms with Crippen LogP contribution in [0.4, 0.5) is 23.4 Å². The zero-order chi connectivity index (χ0) is 32.5. The molecule has 0 bridgehead atoms. The molecule has 0 saturated heterocycles. The Balaban J connectivity index is 1.71. The molecule has 0 aliphatic carbocycles. The van der Waals surface area contributed by atoms with Crippen molar-refractivity contribution >= 4 is 39.3 Å². The Bertz CT molecular complexity index is 1830. The highest BCUT2D eigenvalue weighted by Gasteiger charge is 2.46. The fourth-order valence-electron chi connectivity index (χ4n) is 5.26. The standard InChI is InChI=1S/C30H26ClF4N5O4S/c1-2-39-28-25(23(16-36-45(43,44)17-31)38-40(28)22-9-4-3-5-10-22)24(18-11-13-21(32)14-12-18)26(29(39)42)37-27(41)19-7-6-8-20(15-19)30(33,34)35/h3-15,24,26,36H,2,16-17H2,1H3,(H,37,41). The van der Waals surface area contributed by atoms with Crippen molar-refractivity contribution in [2.75, 3.05) is 16.7 Å². The van der Waals surface area contributed by atoms with Crippen molar-refractivity contribution in [1.29, 1.82) is 0 Å². The van der Waals surface area contributed by atoms with Crippen LogP contribution in [0.1, 0.15) is 45.6 Å². The fourth-order valence-corrected chi connectivity index (χ4v) is 5.93. The molecule has 1 aromatic heterocycles. The number of carbonyl (C=O) groups is 2. The number of anilines is 1. The van der Waals surface area contributed by atoms with Gasteiger partial charge >= 0.3 is 6.18 Å². The van der Waals surface area contributed by atoms with Crippen LogP contribution in [0.15, 0.2) is 78.9 Å². The third-order valence-corrected chi connectivity index (χ3v) is 9.03. The van der Waals surface area contributed by atoms with E-state index in [1.165, 1.54) is 27.8 Å². The average Bonchev–Trinajstić information content (AvgIpc) is 3.40. The summed E-state index contributed by atoms with van der Waals surface area (Å²) in [7, 11) is -3.93. The summed E-state index contributed by atoms with van der Waals surface area (Å²) >= 11 is 5.60. The van der Waals surface area contributed by atoms with Crippen molar-refractivity contribution in [2.24, 2.45) is 0 Å². The highest BCUT2D eigenvalue weighted by molar-refractivity contribution is 7.90. The summed E-state index contributed by atoms with van der Waals surface area (Å²) in [5.41, 5.74) is 0.0515. The number of likely N-dealkylation sites (N-methyl/N-ethyl adjacent to an activating group) is 1. The van der Waals surface area contributed by atoms with Gasteiger partial charge in [0.15, 0.2) is 0 Å². The Morgan fingerprint density at radius 2 is 1.71 bits per heavy atom. The molecule has 1 aliphatic heterocycles. The third kappa shape index (κ3) is 6.58. The van der Waals surface area contributed by atoms with Crippen molar-refractivity contribution in [3.8, 4) is 5.69 Å². The van der Waals surface area contributed by atoms with E-state index in [0.29, 0.717) is 22.9 Å². The highest BCUT2D eigenvalue weighted by atomic mass is 35.5. The molecule has 0 spiro atoms. The van der Waals surface area contributed by atoms with E-state index in [2.05, 4.69) is 15.1 Å². The minimum Gasteiger partial charge on any atom is -0.339 e. The van der Waals surface area contributed by atoms with Crippen LogP contribution in [-0.2, 0) is 27.5 Å². The fraction of sp³-hybridized carbons (Fsp3) is 0.233. The molecule has 0 radical (unpaired) electrons. The molecule has 15 heteroatoms. The molecule has 0 saturated carbocycles. The molecule has 1 aliphatic rings. The molecule has 2 amide bonds. The first-order valence-electron chi connectivity index (χ1n) is 13.6. The number of alkyl halides is 4. The molecule has 2 unspecified atom stereocenters. The number of para-hydroxylation sites is 1. The number of hydrogen-bond donors (Lipinski definition) is 2. The number of rotatable bonds is 9. The van der Waals surface area contributed by atoms with Gasteiger partial charge in [-0.1, -0.05) is 36.4 Å². The summed E-state index contributed by atoms with van der Waals surface area (Å²) in [5.74, 6) is -2.90. The number of aromatic nitrogens is 2. The van der Waals surface area contributed by atoms with E-state index in [1.54, 1.807) is 37.3 Å². The lowest BCUT2D eigenvalue weighted by Gasteiger charge is -2.38. The molecule has 0 fully saturated rings. The van der Waals surface area contributed by atoms with Crippen LogP contribution in [0.3, 0.4) is 0 Å². The van der Waals surface area contributed by atoms with E-state index in [1.807, 2.05) is 0 Å². The second-order valence-electron chi connectivity index (χ2n) is 10.1. The van der Waals surface area contributed by atoms with E-state index in [0.717, 1.165) is 24.3 Å². The number of fused-ring (bicyclic) bond motifs is 1. The Kier molecular flexibility index (Phi) is 9.01. The zero-order valence-corrected chi connectivity index (χ0v) is 25.1. The number of halogens is 5. The van der Waals surface area contributed by atoms with Crippen LogP contribution in [0.2, 0.25) is 0 Å². The average molecular weight is 664 g/mol. The molecule has 2 heterocycles. The van der Waals surface area contributed by atoms with E-state index < -0.39 is 56.6 Å².